The number of thioether (sulfide) groups is 1. The molecular weight excluding hydrogens is 392 g/mol. The predicted octanol–water partition coefficient (Wildman–Crippen LogP) is 4.91. The zero-order chi connectivity index (χ0) is 20.9. The van der Waals surface area contributed by atoms with Gasteiger partial charge in [-0.25, -0.2) is 0 Å². The molecule has 1 saturated carbocycles. The molecule has 2 fully saturated rings. The molecule has 2 amide bonds. The summed E-state index contributed by atoms with van der Waals surface area (Å²) in [6.07, 6.45) is 6.78. The van der Waals surface area contributed by atoms with Crippen LogP contribution in [0, 0.1) is 0 Å². The van der Waals surface area contributed by atoms with Crippen molar-refractivity contribution in [1.82, 2.24) is 9.80 Å². The maximum absolute atomic E-state index is 12.9. The van der Waals surface area contributed by atoms with Crippen molar-refractivity contribution >= 4 is 23.6 Å². The molecule has 0 spiro atoms. The van der Waals surface area contributed by atoms with E-state index in [-0.39, 0.29) is 17.2 Å². The quantitative estimate of drug-likeness (QED) is 0.664. The van der Waals surface area contributed by atoms with Gasteiger partial charge in [-0.3, -0.25) is 9.59 Å². The van der Waals surface area contributed by atoms with Gasteiger partial charge in [-0.1, -0.05) is 61.7 Å². The molecule has 4 nitrogen and oxygen atoms in total. The van der Waals surface area contributed by atoms with Crippen LogP contribution in [0.2, 0.25) is 0 Å². The van der Waals surface area contributed by atoms with Crippen molar-refractivity contribution < 1.29 is 9.59 Å². The molecule has 1 atom stereocenters. The van der Waals surface area contributed by atoms with Crippen molar-refractivity contribution in [1.29, 1.82) is 0 Å². The summed E-state index contributed by atoms with van der Waals surface area (Å²) in [7, 11) is 1.93. The molecule has 1 saturated heterocycles. The molecule has 1 heterocycles. The van der Waals surface area contributed by atoms with E-state index in [2.05, 4.69) is 12.1 Å². The molecule has 1 aliphatic heterocycles. The Kier molecular flexibility index (Phi) is 6.78. The number of hydrogen-bond donors (Lipinski definition) is 0. The number of carbonyl (C=O) groups is 2. The van der Waals surface area contributed by atoms with Gasteiger partial charge in [-0.05, 0) is 42.5 Å². The Morgan fingerprint density at radius 3 is 2.43 bits per heavy atom. The number of carbonyl (C=O) groups excluding carboxylic acids is 2. The molecule has 158 valence electrons. The number of benzene rings is 2. The first-order chi connectivity index (χ1) is 14.6. The zero-order valence-corrected chi connectivity index (χ0v) is 18.4. The Morgan fingerprint density at radius 2 is 1.73 bits per heavy atom. The second-order valence-electron chi connectivity index (χ2n) is 8.32. The molecule has 0 radical (unpaired) electrons. The monoisotopic (exact) mass is 422 g/mol. The summed E-state index contributed by atoms with van der Waals surface area (Å²) in [6.45, 7) is 0.714. The predicted molar refractivity (Wildman–Crippen MR) is 122 cm³/mol. The van der Waals surface area contributed by atoms with Gasteiger partial charge in [0.05, 0.1) is 5.75 Å². The molecule has 1 aliphatic carbocycles. The molecule has 4 rings (SSSR count). The van der Waals surface area contributed by atoms with Gasteiger partial charge < -0.3 is 9.80 Å². The maximum atomic E-state index is 12.9. The lowest BCUT2D eigenvalue weighted by atomic mass is 9.94. The van der Waals surface area contributed by atoms with Crippen LogP contribution in [-0.4, -0.2) is 47.0 Å². The molecule has 2 aliphatic rings. The highest BCUT2D eigenvalue weighted by molar-refractivity contribution is 8.00. The first-order valence-corrected chi connectivity index (χ1v) is 12.0. The lowest BCUT2D eigenvalue weighted by Gasteiger charge is -2.31. The van der Waals surface area contributed by atoms with E-state index >= 15 is 0 Å². The van der Waals surface area contributed by atoms with E-state index in [9.17, 15) is 9.59 Å². The number of amides is 2. The SMILES string of the molecule is CN(C(=O)c1ccc([C@H]2SCC(=O)N2CCc2ccccc2)cc1)C1CCCCC1. The van der Waals surface area contributed by atoms with E-state index in [4.69, 9.17) is 0 Å². The second-order valence-corrected chi connectivity index (χ2v) is 9.38. The van der Waals surface area contributed by atoms with Crippen LogP contribution in [0.3, 0.4) is 0 Å². The van der Waals surface area contributed by atoms with Crippen molar-refractivity contribution in [2.75, 3.05) is 19.3 Å². The summed E-state index contributed by atoms with van der Waals surface area (Å²) in [4.78, 5) is 29.3. The molecule has 2 aromatic carbocycles. The van der Waals surface area contributed by atoms with Gasteiger partial charge in [0.1, 0.15) is 5.37 Å². The normalized spacial score (nSPS) is 19.8. The lowest BCUT2D eigenvalue weighted by molar-refractivity contribution is -0.128. The summed E-state index contributed by atoms with van der Waals surface area (Å²) < 4.78 is 0. The summed E-state index contributed by atoms with van der Waals surface area (Å²) in [5.74, 6) is 0.813. The fourth-order valence-electron chi connectivity index (χ4n) is 4.49. The third kappa shape index (κ3) is 4.72. The van der Waals surface area contributed by atoms with E-state index < -0.39 is 0 Å². The second kappa shape index (κ2) is 9.69. The van der Waals surface area contributed by atoms with Crippen LogP contribution in [-0.2, 0) is 11.2 Å². The van der Waals surface area contributed by atoms with Gasteiger partial charge >= 0.3 is 0 Å². The van der Waals surface area contributed by atoms with Crippen LogP contribution in [0.4, 0.5) is 0 Å². The van der Waals surface area contributed by atoms with Crippen LogP contribution in [0.1, 0.15) is 59.0 Å². The third-order valence-electron chi connectivity index (χ3n) is 6.34. The average Bonchev–Trinajstić information content (AvgIpc) is 3.18. The van der Waals surface area contributed by atoms with Crippen LogP contribution >= 0.6 is 11.8 Å². The van der Waals surface area contributed by atoms with Crippen molar-refractivity contribution in [3.8, 4) is 0 Å². The highest BCUT2D eigenvalue weighted by Gasteiger charge is 2.32. The molecular formula is C25H30N2O2S. The van der Waals surface area contributed by atoms with E-state index in [0.29, 0.717) is 18.3 Å². The average molecular weight is 423 g/mol. The summed E-state index contributed by atoms with van der Waals surface area (Å²) >= 11 is 1.67. The minimum atomic E-state index is 0.0291. The summed E-state index contributed by atoms with van der Waals surface area (Å²) in [5.41, 5.74) is 3.07. The number of rotatable bonds is 6. The van der Waals surface area contributed by atoms with Gasteiger partial charge in [0.25, 0.3) is 5.91 Å². The topological polar surface area (TPSA) is 40.6 Å². The lowest BCUT2D eigenvalue weighted by Crippen LogP contribution is -2.38. The van der Waals surface area contributed by atoms with Crippen LogP contribution in [0.5, 0.6) is 0 Å². The van der Waals surface area contributed by atoms with Gasteiger partial charge in [0.2, 0.25) is 5.91 Å². The van der Waals surface area contributed by atoms with Crippen molar-refractivity contribution in [2.45, 2.75) is 49.9 Å². The Bertz CT molecular complexity index is 862. The molecule has 0 N–H and O–H groups in total. The third-order valence-corrected chi connectivity index (χ3v) is 7.59. The first-order valence-electron chi connectivity index (χ1n) is 11.0. The first kappa shape index (κ1) is 21.0. The van der Waals surface area contributed by atoms with Gasteiger partial charge in [-0.15, -0.1) is 11.8 Å². The molecule has 30 heavy (non-hydrogen) atoms. The summed E-state index contributed by atoms with van der Waals surface area (Å²) in [6, 6.07) is 18.5. The Morgan fingerprint density at radius 1 is 1.03 bits per heavy atom. The molecule has 0 aromatic heterocycles. The van der Waals surface area contributed by atoms with E-state index in [1.807, 2.05) is 59.3 Å². The van der Waals surface area contributed by atoms with Crippen molar-refractivity contribution in [2.24, 2.45) is 0 Å². The summed E-state index contributed by atoms with van der Waals surface area (Å²) in [5, 5.41) is 0.0291. The molecule has 5 heteroatoms. The minimum Gasteiger partial charge on any atom is -0.339 e. The largest absolute Gasteiger partial charge is 0.339 e. The maximum Gasteiger partial charge on any atom is 0.253 e. The van der Waals surface area contributed by atoms with E-state index in [1.54, 1.807) is 11.8 Å². The van der Waals surface area contributed by atoms with Gasteiger partial charge in [0, 0.05) is 25.2 Å². The fourth-order valence-corrected chi connectivity index (χ4v) is 5.71. The van der Waals surface area contributed by atoms with E-state index in [0.717, 1.165) is 30.4 Å². The molecule has 0 bridgehead atoms. The molecule has 0 unspecified atom stereocenters. The van der Waals surface area contributed by atoms with E-state index in [1.165, 1.54) is 24.8 Å². The Hall–Kier alpha value is -2.27. The smallest absolute Gasteiger partial charge is 0.253 e. The highest BCUT2D eigenvalue weighted by Crippen LogP contribution is 2.38. The number of hydrogen-bond acceptors (Lipinski definition) is 3. The number of nitrogens with zero attached hydrogens (tertiary/aromatic N) is 2. The van der Waals surface area contributed by atoms with Crippen LogP contribution < -0.4 is 0 Å². The van der Waals surface area contributed by atoms with Crippen molar-refractivity contribution in [3.63, 3.8) is 0 Å². The highest BCUT2D eigenvalue weighted by atomic mass is 32.2. The van der Waals surface area contributed by atoms with Gasteiger partial charge in [0.15, 0.2) is 0 Å². The fraction of sp³-hybridized carbons (Fsp3) is 0.440. The standard InChI is InChI=1S/C25H30N2O2S/c1-26(22-10-6-3-7-11-22)24(29)20-12-14-21(15-13-20)25-27(23(28)18-30-25)17-16-19-8-4-2-5-9-19/h2,4-5,8-9,12-15,22,25H,3,6-7,10-11,16-18H2,1H3/t25-/m1/s1. The zero-order valence-electron chi connectivity index (χ0n) is 17.6. The van der Waals surface area contributed by atoms with Crippen molar-refractivity contribution in [3.05, 3.63) is 71.3 Å². The Balaban J connectivity index is 1.41. The minimum absolute atomic E-state index is 0.0291. The Labute approximate surface area is 183 Å². The van der Waals surface area contributed by atoms with Crippen LogP contribution in [0.25, 0.3) is 0 Å². The van der Waals surface area contributed by atoms with Crippen LogP contribution in [0.15, 0.2) is 54.6 Å². The van der Waals surface area contributed by atoms with Gasteiger partial charge in [-0.2, -0.15) is 0 Å². The molecule has 2 aromatic rings.